The molecule has 0 aliphatic heterocycles. The van der Waals surface area contributed by atoms with Crippen LogP contribution in [0, 0.1) is 17.0 Å². The highest BCUT2D eigenvalue weighted by atomic mass is 16.6. The summed E-state index contributed by atoms with van der Waals surface area (Å²) < 4.78 is 6.86. The Morgan fingerprint density at radius 1 is 1.50 bits per heavy atom. The predicted molar refractivity (Wildman–Crippen MR) is 62.8 cm³/mol. The van der Waals surface area contributed by atoms with Gasteiger partial charge in [-0.1, -0.05) is 6.07 Å². The molecule has 0 fully saturated rings. The first kappa shape index (κ1) is 11.9. The summed E-state index contributed by atoms with van der Waals surface area (Å²) >= 11 is 0. The number of phenolic OH excluding ortho intramolecular Hbond substituents is 1. The summed E-state index contributed by atoms with van der Waals surface area (Å²) in [4.78, 5) is 13.8. The van der Waals surface area contributed by atoms with Crippen LogP contribution in [0.3, 0.4) is 0 Å². The lowest BCUT2D eigenvalue weighted by atomic mass is 10.2. The van der Waals surface area contributed by atoms with Crippen molar-refractivity contribution in [3.63, 3.8) is 0 Å². The lowest BCUT2D eigenvalue weighted by Crippen LogP contribution is -1.97. The molecule has 94 valence electrons. The number of aryl methyl sites for hydroxylation is 1. The molecule has 7 heteroatoms. The Hall–Kier alpha value is -2.57. The van der Waals surface area contributed by atoms with Gasteiger partial charge >= 0.3 is 11.7 Å². The van der Waals surface area contributed by atoms with E-state index in [1.54, 1.807) is 26.1 Å². The largest absolute Gasteiger partial charge is 0.508 e. The van der Waals surface area contributed by atoms with Gasteiger partial charge in [-0.3, -0.25) is 4.57 Å². The number of aromatic hydroxyl groups is 1. The van der Waals surface area contributed by atoms with E-state index in [4.69, 9.17) is 4.74 Å². The average Bonchev–Trinajstić information content (AvgIpc) is 2.67. The highest BCUT2D eigenvalue weighted by molar-refractivity contribution is 5.46. The molecule has 1 aromatic heterocycles. The standard InChI is InChI=1S/C11H11N3O4/c1-7-8(15)4-3-5-9(7)18-11-10(14(16)17)12-6-13(11)2/h3-6,15H,1-2H3. The average molecular weight is 249 g/mol. The normalized spacial score (nSPS) is 10.3. The molecule has 0 spiro atoms. The fraction of sp³-hybridized carbons (Fsp3) is 0.182. The molecule has 1 heterocycles. The first-order chi connectivity index (χ1) is 8.50. The molecule has 1 aromatic carbocycles. The molecule has 0 aliphatic carbocycles. The van der Waals surface area contributed by atoms with Crippen LogP contribution in [0.25, 0.3) is 0 Å². The third kappa shape index (κ3) is 1.97. The minimum Gasteiger partial charge on any atom is -0.508 e. The van der Waals surface area contributed by atoms with E-state index in [1.807, 2.05) is 0 Å². The van der Waals surface area contributed by atoms with E-state index in [1.165, 1.54) is 17.0 Å². The van der Waals surface area contributed by atoms with Gasteiger partial charge in [-0.15, -0.1) is 0 Å². The summed E-state index contributed by atoms with van der Waals surface area (Å²) in [5, 5.41) is 20.3. The first-order valence-electron chi connectivity index (χ1n) is 5.13. The molecule has 1 N–H and O–H groups in total. The number of nitrogens with zero attached hydrogens (tertiary/aromatic N) is 3. The molecule has 0 saturated carbocycles. The molecule has 2 aromatic rings. The van der Waals surface area contributed by atoms with E-state index in [2.05, 4.69) is 4.98 Å². The van der Waals surface area contributed by atoms with Crippen LogP contribution in [-0.2, 0) is 7.05 Å². The molecule has 0 atom stereocenters. The summed E-state index contributed by atoms with van der Waals surface area (Å²) in [5.74, 6) is 0.0768. The zero-order valence-electron chi connectivity index (χ0n) is 9.82. The number of phenols is 1. The molecule has 0 radical (unpaired) electrons. The van der Waals surface area contributed by atoms with Crippen LogP contribution in [0.2, 0.25) is 0 Å². The third-order valence-corrected chi connectivity index (χ3v) is 2.50. The maximum absolute atomic E-state index is 10.8. The SMILES string of the molecule is Cc1c(O)cccc1Oc1c([N+](=O)[O-])ncn1C. The van der Waals surface area contributed by atoms with E-state index >= 15 is 0 Å². The van der Waals surface area contributed by atoms with Crippen molar-refractivity contribution < 1.29 is 14.8 Å². The molecule has 2 rings (SSSR count). The summed E-state index contributed by atoms with van der Waals surface area (Å²) in [6.45, 7) is 1.66. The monoisotopic (exact) mass is 249 g/mol. The summed E-state index contributed by atoms with van der Waals surface area (Å²) in [7, 11) is 1.59. The van der Waals surface area contributed by atoms with E-state index < -0.39 is 4.92 Å². The van der Waals surface area contributed by atoms with E-state index in [0.717, 1.165) is 0 Å². The van der Waals surface area contributed by atoms with Gasteiger partial charge in [0.15, 0.2) is 0 Å². The molecular formula is C11H11N3O4. The molecule has 0 bridgehead atoms. The fourth-order valence-corrected chi connectivity index (χ4v) is 1.47. The van der Waals surface area contributed by atoms with Gasteiger partial charge in [0, 0.05) is 12.6 Å². The Kier molecular flexibility index (Phi) is 2.88. The van der Waals surface area contributed by atoms with Crippen molar-refractivity contribution in [1.82, 2.24) is 9.55 Å². The van der Waals surface area contributed by atoms with Gasteiger partial charge in [0.25, 0.3) is 0 Å². The zero-order chi connectivity index (χ0) is 13.3. The van der Waals surface area contributed by atoms with Crippen LogP contribution in [0.1, 0.15) is 5.56 Å². The molecule has 0 aliphatic rings. The number of rotatable bonds is 3. The second kappa shape index (κ2) is 4.36. The second-order valence-corrected chi connectivity index (χ2v) is 3.74. The number of benzene rings is 1. The van der Waals surface area contributed by atoms with Crippen molar-refractivity contribution in [3.05, 3.63) is 40.2 Å². The van der Waals surface area contributed by atoms with Crippen molar-refractivity contribution in [2.24, 2.45) is 7.05 Å². The molecular weight excluding hydrogens is 238 g/mol. The van der Waals surface area contributed by atoms with Crippen LogP contribution in [0.5, 0.6) is 17.4 Å². The van der Waals surface area contributed by atoms with Crippen molar-refractivity contribution in [2.75, 3.05) is 0 Å². The van der Waals surface area contributed by atoms with E-state index in [-0.39, 0.29) is 17.4 Å². The second-order valence-electron chi connectivity index (χ2n) is 3.74. The van der Waals surface area contributed by atoms with Gasteiger partial charge in [-0.2, -0.15) is 0 Å². The van der Waals surface area contributed by atoms with Crippen molar-refractivity contribution in [1.29, 1.82) is 0 Å². The van der Waals surface area contributed by atoms with Gasteiger partial charge in [0.05, 0.1) is 0 Å². The maximum Gasteiger partial charge on any atom is 0.427 e. The van der Waals surface area contributed by atoms with Gasteiger partial charge in [-0.25, -0.2) is 0 Å². The topological polar surface area (TPSA) is 90.4 Å². The van der Waals surface area contributed by atoms with Gasteiger partial charge in [0.2, 0.25) is 6.33 Å². The molecule has 18 heavy (non-hydrogen) atoms. The van der Waals surface area contributed by atoms with Crippen molar-refractivity contribution in [3.8, 4) is 17.4 Å². The smallest absolute Gasteiger partial charge is 0.427 e. The number of ether oxygens (including phenoxy) is 1. The van der Waals surface area contributed by atoms with Crippen LogP contribution in [0.4, 0.5) is 5.82 Å². The van der Waals surface area contributed by atoms with Crippen LogP contribution < -0.4 is 4.74 Å². The molecule has 0 saturated heterocycles. The number of hydrogen-bond donors (Lipinski definition) is 1. The Bertz CT molecular complexity index is 606. The first-order valence-corrected chi connectivity index (χ1v) is 5.13. The highest BCUT2D eigenvalue weighted by Gasteiger charge is 2.23. The van der Waals surface area contributed by atoms with Crippen LogP contribution in [-0.4, -0.2) is 19.6 Å². The van der Waals surface area contributed by atoms with Crippen LogP contribution >= 0.6 is 0 Å². The number of nitro groups is 1. The Morgan fingerprint density at radius 2 is 2.22 bits per heavy atom. The van der Waals surface area contributed by atoms with Gasteiger partial charge in [0.1, 0.15) is 11.5 Å². The highest BCUT2D eigenvalue weighted by Crippen LogP contribution is 2.33. The fourth-order valence-electron chi connectivity index (χ4n) is 1.47. The minimum absolute atomic E-state index is 0.0219. The summed E-state index contributed by atoms with van der Waals surface area (Å²) in [6, 6.07) is 4.73. The molecule has 7 nitrogen and oxygen atoms in total. The predicted octanol–water partition coefficient (Wildman–Crippen LogP) is 2.13. The number of imidazole rings is 1. The Balaban J connectivity index is 2.43. The van der Waals surface area contributed by atoms with Gasteiger partial charge in [-0.05, 0) is 29.0 Å². The maximum atomic E-state index is 10.8. The summed E-state index contributed by atoms with van der Waals surface area (Å²) in [6.07, 6.45) is 1.30. The lowest BCUT2D eigenvalue weighted by Gasteiger charge is -2.08. The number of hydrogen-bond acceptors (Lipinski definition) is 5. The quantitative estimate of drug-likeness (QED) is 0.664. The summed E-state index contributed by atoms with van der Waals surface area (Å²) in [5.41, 5.74) is 0.507. The van der Waals surface area contributed by atoms with E-state index in [9.17, 15) is 15.2 Å². The molecule has 0 amide bonds. The van der Waals surface area contributed by atoms with Crippen molar-refractivity contribution >= 4 is 5.82 Å². The Labute approximate surface area is 102 Å². The lowest BCUT2D eigenvalue weighted by molar-refractivity contribution is -0.390. The number of aromatic nitrogens is 2. The minimum atomic E-state index is -0.618. The zero-order valence-corrected chi connectivity index (χ0v) is 9.82. The van der Waals surface area contributed by atoms with Gasteiger partial charge < -0.3 is 20.0 Å². The van der Waals surface area contributed by atoms with Crippen molar-refractivity contribution in [2.45, 2.75) is 6.92 Å². The van der Waals surface area contributed by atoms with Crippen LogP contribution in [0.15, 0.2) is 24.5 Å². The molecule has 0 unspecified atom stereocenters. The third-order valence-electron chi connectivity index (χ3n) is 2.50. The van der Waals surface area contributed by atoms with E-state index in [0.29, 0.717) is 11.3 Å². The Morgan fingerprint density at radius 3 is 2.89 bits per heavy atom.